The molecule has 2 nitrogen and oxygen atoms in total. The van der Waals surface area contributed by atoms with Crippen molar-refractivity contribution in [2.45, 2.75) is 45.1 Å². The summed E-state index contributed by atoms with van der Waals surface area (Å²) in [6.07, 6.45) is 2.68. The van der Waals surface area contributed by atoms with Gasteiger partial charge in [-0.15, -0.1) is 0 Å². The van der Waals surface area contributed by atoms with Gasteiger partial charge in [0.05, 0.1) is 12.6 Å². The number of nitrogens with one attached hydrogen (secondary N) is 1. The van der Waals surface area contributed by atoms with Gasteiger partial charge in [-0.25, -0.2) is 0 Å². The highest BCUT2D eigenvalue weighted by atomic mass is 16.3. The van der Waals surface area contributed by atoms with Crippen LogP contribution in [-0.4, -0.2) is 18.3 Å². The van der Waals surface area contributed by atoms with Crippen molar-refractivity contribution < 1.29 is 5.11 Å². The fraction of sp³-hybridized carbons (Fsp3) is 0.625. The molecule has 18 heavy (non-hydrogen) atoms. The molecule has 0 aromatic heterocycles. The number of aliphatic hydroxyl groups is 1. The standard InChI is InChI=1S/C16H25NO/c1-16(2,3)14-8-6-13(7-9-14)15(11-18)17-10-12-4-5-12/h6-9,12,15,17-18H,4-5,10-11H2,1-3H3. The number of aliphatic hydroxyl groups excluding tert-OH is 1. The second-order valence-electron chi connectivity index (χ2n) is 6.46. The van der Waals surface area contributed by atoms with E-state index in [2.05, 4.69) is 50.4 Å². The number of rotatable bonds is 5. The first-order chi connectivity index (χ1) is 8.50. The molecule has 1 aromatic carbocycles. The van der Waals surface area contributed by atoms with Crippen LogP contribution in [0.2, 0.25) is 0 Å². The largest absolute Gasteiger partial charge is 0.394 e. The Morgan fingerprint density at radius 1 is 1.22 bits per heavy atom. The van der Waals surface area contributed by atoms with Crippen LogP contribution in [0, 0.1) is 5.92 Å². The van der Waals surface area contributed by atoms with Crippen LogP contribution >= 0.6 is 0 Å². The minimum atomic E-state index is 0.0830. The average Bonchev–Trinajstić information content (AvgIpc) is 3.13. The first-order valence-electron chi connectivity index (χ1n) is 6.95. The summed E-state index contributed by atoms with van der Waals surface area (Å²) >= 11 is 0. The summed E-state index contributed by atoms with van der Waals surface area (Å²) in [7, 11) is 0. The van der Waals surface area contributed by atoms with Crippen LogP contribution in [0.15, 0.2) is 24.3 Å². The topological polar surface area (TPSA) is 32.3 Å². The van der Waals surface area contributed by atoms with E-state index >= 15 is 0 Å². The van der Waals surface area contributed by atoms with Crippen molar-refractivity contribution in [2.24, 2.45) is 5.92 Å². The minimum Gasteiger partial charge on any atom is -0.394 e. The van der Waals surface area contributed by atoms with Crippen LogP contribution in [0.25, 0.3) is 0 Å². The van der Waals surface area contributed by atoms with Gasteiger partial charge in [-0.05, 0) is 41.8 Å². The lowest BCUT2D eigenvalue weighted by atomic mass is 9.86. The molecule has 0 radical (unpaired) electrons. The molecule has 0 heterocycles. The van der Waals surface area contributed by atoms with E-state index in [9.17, 15) is 5.11 Å². The Morgan fingerprint density at radius 2 is 1.83 bits per heavy atom. The molecule has 1 fully saturated rings. The summed E-state index contributed by atoms with van der Waals surface area (Å²) in [5, 5.41) is 12.9. The van der Waals surface area contributed by atoms with E-state index < -0.39 is 0 Å². The fourth-order valence-electron chi connectivity index (χ4n) is 2.13. The van der Waals surface area contributed by atoms with E-state index in [0.29, 0.717) is 0 Å². The van der Waals surface area contributed by atoms with Crippen LogP contribution in [0.5, 0.6) is 0 Å². The van der Waals surface area contributed by atoms with Crippen molar-refractivity contribution in [1.29, 1.82) is 0 Å². The lowest BCUT2D eigenvalue weighted by Crippen LogP contribution is -2.26. The average molecular weight is 247 g/mol. The van der Waals surface area contributed by atoms with E-state index in [4.69, 9.17) is 0 Å². The normalized spacial score (nSPS) is 17.8. The maximum absolute atomic E-state index is 9.48. The lowest BCUT2D eigenvalue weighted by Gasteiger charge is -2.21. The molecule has 1 atom stereocenters. The smallest absolute Gasteiger partial charge is 0.0626 e. The molecule has 0 bridgehead atoms. The third-order valence-electron chi connectivity index (χ3n) is 3.71. The molecule has 1 aromatic rings. The van der Waals surface area contributed by atoms with E-state index in [0.717, 1.165) is 12.5 Å². The zero-order chi connectivity index (χ0) is 13.2. The van der Waals surface area contributed by atoms with Crippen LogP contribution < -0.4 is 5.32 Å². The van der Waals surface area contributed by atoms with Crippen LogP contribution in [0.4, 0.5) is 0 Å². The second kappa shape index (κ2) is 5.41. The van der Waals surface area contributed by atoms with Crippen molar-refractivity contribution in [3.8, 4) is 0 Å². The second-order valence-corrected chi connectivity index (χ2v) is 6.46. The Labute approximate surface area is 110 Å². The number of benzene rings is 1. The Balaban J connectivity index is 2.01. The molecule has 0 spiro atoms. The van der Waals surface area contributed by atoms with Gasteiger partial charge in [0.15, 0.2) is 0 Å². The maximum atomic E-state index is 9.48. The van der Waals surface area contributed by atoms with Crippen molar-refractivity contribution in [1.82, 2.24) is 5.32 Å². The summed E-state index contributed by atoms with van der Waals surface area (Å²) in [6.45, 7) is 7.86. The summed E-state index contributed by atoms with van der Waals surface area (Å²) in [5.41, 5.74) is 2.71. The molecule has 1 saturated carbocycles. The third-order valence-corrected chi connectivity index (χ3v) is 3.71. The van der Waals surface area contributed by atoms with Crippen LogP contribution in [-0.2, 0) is 5.41 Å². The van der Waals surface area contributed by atoms with Gasteiger partial charge < -0.3 is 10.4 Å². The number of hydrogen-bond acceptors (Lipinski definition) is 2. The number of hydrogen-bond donors (Lipinski definition) is 2. The van der Waals surface area contributed by atoms with Gasteiger partial charge in [0.1, 0.15) is 0 Å². The Morgan fingerprint density at radius 3 is 2.28 bits per heavy atom. The van der Waals surface area contributed by atoms with Crippen LogP contribution in [0.3, 0.4) is 0 Å². The summed E-state index contributed by atoms with van der Waals surface area (Å²) in [5.74, 6) is 0.841. The quantitative estimate of drug-likeness (QED) is 0.838. The first-order valence-corrected chi connectivity index (χ1v) is 6.95. The molecule has 1 aliphatic rings. The molecule has 2 heteroatoms. The summed E-state index contributed by atoms with van der Waals surface area (Å²) in [6, 6.07) is 8.72. The fourth-order valence-corrected chi connectivity index (χ4v) is 2.13. The van der Waals surface area contributed by atoms with Crippen molar-refractivity contribution in [3.63, 3.8) is 0 Å². The minimum absolute atomic E-state index is 0.0830. The van der Waals surface area contributed by atoms with Gasteiger partial charge >= 0.3 is 0 Å². The molecule has 100 valence electrons. The Kier molecular flexibility index (Phi) is 4.08. The van der Waals surface area contributed by atoms with E-state index in [1.165, 1.54) is 24.0 Å². The lowest BCUT2D eigenvalue weighted by molar-refractivity contribution is 0.243. The molecule has 0 saturated heterocycles. The Bertz CT molecular complexity index is 373. The van der Waals surface area contributed by atoms with Gasteiger partial charge in [-0.3, -0.25) is 0 Å². The first kappa shape index (κ1) is 13.6. The van der Waals surface area contributed by atoms with E-state index in [1.54, 1.807) is 0 Å². The monoisotopic (exact) mass is 247 g/mol. The zero-order valence-corrected chi connectivity index (χ0v) is 11.7. The molecule has 2 N–H and O–H groups in total. The molecule has 0 aliphatic heterocycles. The van der Waals surface area contributed by atoms with Crippen molar-refractivity contribution in [3.05, 3.63) is 35.4 Å². The summed E-state index contributed by atoms with van der Waals surface area (Å²) in [4.78, 5) is 0. The zero-order valence-electron chi connectivity index (χ0n) is 11.7. The molecular formula is C16H25NO. The van der Waals surface area contributed by atoms with Gasteiger partial charge in [-0.2, -0.15) is 0 Å². The third kappa shape index (κ3) is 3.56. The van der Waals surface area contributed by atoms with Gasteiger partial charge in [0, 0.05) is 0 Å². The van der Waals surface area contributed by atoms with E-state index in [1.807, 2.05) is 0 Å². The van der Waals surface area contributed by atoms with Crippen molar-refractivity contribution in [2.75, 3.05) is 13.2 Å². The van der Waals surface area contributed by atoms with E-state index in [-0.39, 0.29) is 18.1 Å². The molecule has 1 aliphatic carbocycles. The SMILES string of the molecule is CC(C)(C)c1ccc(C(CO)NCC2CC2)cc1. The maximum Gasteiger partial charge on any atom is 0.0626 e. The molecular weight excluding hydrogens is 222 g/mol. The molecule has 1 unspecified atom stereocenters. The summed E-state index contributed by atoms with van der Waals surface area (Å²) < 4.78 is 0. The Hall–Kier alpha value is -0.860. The predicted octanol–water partition coefficient (Wildman–Crippen LogP) is 3.02. The highest BCUT2D eigenvalue weighted by Gasteiger charge is 2.22. The molecule has 2 rings (SSSR count). The van der Waals surface area contributed by atoms with Gasteiger partial charge in [-0.1, -0.05) is 45.0 Å². The van der Waals surface area contributed by atoms with Gasteiger partial charge in [0.2, 0.25) is 0 Å². The van der Waals surface area contributed by atoms with Gasteiger partial charge in [0.25, 0.3) is 0 Å². The predicted molar refractivity (Wildman–Crippen MR) is 75.7 cm³/mol. The molecule has 0 amide bonds. The highest BCUT2D eigenvalue weighted by Crippen LogP contribution is 2.29. The van der Waals surface area contributed by atoms with Crippen LogP contribution in [0.1, 0.15) is 50.8 Å². The highest BCUT2D eigenvalue weighted by molar-refractivity contribution is 5.29. The van der Waals surface area contributed by atoms with Crippen molar-refractivity contribution >= 4 is 0 Å².